The third kappa shape index (κ3) is 4.16. The van der Waals surface area contributed by atoms with Gasteiger partial charge in [0.15, 0.2) is 5.69 Å². The first-order chi connectivity index (χ1) is 12.1. The number of ether oxygens (including phenoxy) is 1. The Labute approximate surface area is 147 Å². The lowest BCUT2D eigenvalue weighted by Crippen LogP contribution is -2.34. The van der Waals surface area contributed by atoms with Gasteiger partial charge >= 0.3 is 0 Å². The second-order valence-corrected chi connectivity index (χ2v) is 6.62. The van der Waals surface area contributed by atoms with Gasteiger partial charge in [-0.1, -0.05) is 6.07 Å². The minimum Gasteiger partial charge on any atom is -0.378 e. The summed E-state index contributed by atoms with van der Waals surface area (Å²) in [6, 6.07) is 3.57. The van der Waals surface area contributed by atoms with Gasteiger partial charge in [-0.15, -0.1) is 0 Å². The number of nitrogens with one attached hydrogen (secondary N) is 1. The molecule has 2 aromatic rings. The lowest BCUT2D eigenvalue weighted by Gasteiger charge is -2.28. The largest absolute Gasteiger partial charge is 0.378 e. The van der Waals surface area contributed by atoms with E-state index in [2.05, 4.69) is 22.2 Å². The van der Waals surface area contributed by atoms with Crippen LogP contribution in [-0.2, 0) is 4.74 Å². The first kappa shape index (κ1) is 17.8. The van der Waals surface area contributed by atoms with Gasteiger partial charge in [-0.25, -0.2) is 4.98 Å². The Morgan fingerprint density at radius 1 is 1.44 bits per heavy atom. The molecule has 1 saturated heterocycles. The average Bonchev–Trinajstić information content (AvgIpc) is 2.95. The van der Waals surface area contributed by atoms with Gasteiger partial charge in [-0.3, -0.25) is 9.20 Å². The number of pyridine rings is 1. The molecule has 25 heavy (non-hydrogen) atoms. The van der Waals surface area contributed by atoms with Crippen molar-refractivity contribution in [2.24, 2.45) is 0 Å². The van der Waals surface area contributed by atoms with Gasteiger partial charge in [0.25, 0.3) is 5.91 Å². The normalized spacial score (nSPS) is 16.4. The molecule has 1 fully saturated rings. The van der Waals surface area contributed by atoms with Crippen LogP contribution < -0.4 is 5.32 Å². The molecule has 3 rings (SSSR count). The van der Waals surface area contributed by atoms with Crippen molar-refractivity contribution in [1.29, 1.82) is 0 Å². The summed E-state index contributed by atoms with van der Waals surface area (Å²) in [4.78, 5) is 18.6. The number of fused-ring (bicyclic) bond motifs is 1. The predicted molar refractivity (Wildman–Crippen MR) is 93.3 cm³/mol. The average molecular weight is 348 g/mol. The van der Waals surface area contributed by atoms with E-state index >= 15 is 0 Å². The summed E-state index contributed by atoms with van der Waals surface area (Å²) in [5.74, 6) is -1.11. The molecule has 0 aliphatic carbocycles. The van der Waals surface area contributed by atoms with Crippen LogP contribution in [0.1, 0.15) is 35.3 Å². The fourth-order valence-electron chi connectivity index (χ4n) is 3.08. The van der Waals surface area contributed by atoms with Crippen molar-refractivity contribution < 1.29 is 13.9 Å². The zero-order chi connectivity index (χ0) is 17.8. The first-order valence-electron chi connectivity index (χ1n) is 8.78. The summed E-state index contributed by atoms with van der Waals surface area (Å²) in [5.41, 5.74) is 1.13. The van der Waals surface area contributed by atoms with Crippen LogP contribution in [0.15, 0.2) is 18.3 Å². The fraction of sp³-hybridized carbons (Fsp3) is 0.556. The molecule has 6 nitrogen and oxygen atoms in total. The first-order valence-corrected chi connectivity index (χ1v) is 8.78. The topological polar surface area (TPSA) is 58.9 Å². The van der Waals surface area contributed by atoms with E-state index in [0.717, 1.165) is 31.5 Å². The van der Waals surface area contributed by atoms with Crippen LogP contribution in [0.4, 0.5) is 4.39 Å². The number of nitrogens with zero attached hydrogens (tertiary/aromatic N) is 3. The highest BCUT2D eigenvalue weighted by Crippen LogP contribution is 2.15. The number of amides is 1. The molecule has 0 saturated carbocycles. The van der Waals surface area contributed by atoms with Crippen LogP contribution in [0.2, 0.25) is 0 Å². The molecule has 1 amide bonds. The highest BCUT2D eigenvalue weighted by molar-refractivity contribution is 5.93. The molecule has 136 valence electrons. The molecule has 7 heteroatoms. The molecular formula is C18H25FN4O2. The van der Waals surface area contributed by atoms with Gasteiger partial charge in [0.05, 0.1) is 6.10 Å². The standard InChI is InChI=1S/C18H25FN4O2/c1-13-5-3-9-23-16(19)15(21-17(13)23)18(24)20-8-4-12-25-14-6-10-22(2)11-7-14/h3,5,9,14H,4,6-8,10-12H2,1-2H3,(H,20,24). The number of halogens is 1. The van der Waals surface area contributed by atoms with Crippen LogP contribution >= 0.6 is 0 Å². The number of carbonyl (C=O) groups excluding carboxylic acids is 1. The number of likely N-dealkylation sites (tertiary alicyclic amines) is 1. The van der Waals surface area contributed by atoms with E-state index in [9.17, 15) is 9.18 Å². The maximum atomic E-state index is 14.3. The zero-order valence-electron chi connectivity index (χ0n) is 14.8. The number of carbonyl (C=O) groups is 1. The van der Waals surface area contributed by atoms with Gasteiger partial charge in [-0.2, -0.15) is 4.39 Å². The number of hydrogen-bond acceptors (Lipinski definition) is 4. The molecule has 0 bridgehead atoms. The minimum atomic E-state index is -0.626. The molecule has 0 radical (unpaired) electrons. The Hall–Kier alpha value is -1.99. The van der Waals surface area contributed by atoms with Gasteiger partial charge in [0.1, 0.15) is 5.65 Å². The van der Waals surface area contributed by atoms with E-state index < -0.39 is 11.9 Å². The predicted octanol–water partition coefficient (Wildman–Crippen LogP) is 2.01. The molecule has 2 aromatic heterocycles. The van der Waals surface area contributed by atoms with Crippen molar-refractivity contribution in [3.05, 3.63) is 35.5 Å². The summed E-state index contributed by atoms with van der Waals surface area (Å²) in [7, 11) is 2.12. The Morgan fingerprint density at radius 3 is 2.92 bits per heavy atom. The lowest BCUT2D eigenvalue weighted by atomic mass is 10.1. The van der Waals surface area contributed by atoms with E-state index in [-0.39, 0.29) is 5.69 Å². The van der Waals surface area contributed by atoms with Gasteiger partial charge in [0, 0.05) is 32.4 Å². The highest BCUT2D eigenvalue weighted by atomic mass is 19.1. The summed E-state index contributed by atoms with van der Waals surface area (Å²) >= 11 is 0. The fourth-order valence-corrected chi connectivity index (χ4v) is 3.08. The molecule has 1 aliphatic rings. The van der Waals surface area contributed by atoms with Crippen molar-refractivity contribution in [2.45, 2.75) is 32.3 Å². The third-order valence-corrected chi connectivity index (χ3v) is 4.63. The summed E-state index contributed by atoms with van der Waals surface area (Å²) in [6.07, 6.45) is 4.68. The quantitative estimate of drug-likeness (QED) is 0.812. The molecule has 0 unspecified atom stereocenters. The molecule has 3 heterocycles. The Kier molecular flexibility index (Phi) is 5.65. The smallest absolute Gasteiger partial charge is 0.274 e. The van der Waals surface area contributed by atoms with Gasteiger partial charge < -0.3 is 15.0 Å². The van der Waals surface area contributed by atoms with Crippen LogP contribution in [0.25, 0.3) is 5.65 Å². The third-order valence-electron chi connectivity index (χ3n) is 4.63. The maximum Gasteiger partial charge on any atom is 0.274 e. The molecule has 0 spiro atoms. The van der Waals surface area contributed by atoms with Crippen LogP contribution in [0.5, 0.6) is 0 Å². The number of aryl methyl sites for hydroxylation is 1. The number of aromatic nitrogens is 2. The maximum absolute atomic E-state index is 14.3. The van der Waals surface area contributed by atoms with Crippen molar-refractivity contribution >= 4 is 11.6 Å². The Bertz CT molecular complexity index is 738. The van der Waals surface area contributed by atoms with Crippen LogP contribution in [0, 0.1) is 12.9 Å². The molecular weight excluding hydrogens is 323 g/mol. The van der Waals surface area contributed by atoms with Crippen molar-refractivity contribution in [1.82, 2.24) is 19.6 Å². The summed E-state index contributed by atoms with van der Waals surface area (Å²) in [6.45, 7) is 5.00. The SMILES string of the molecule is Cc1cccn2c(F)c(C(=O)NCCCOC3CCN(C)CC3)nc12. The number of rotatable bonds is 6. The van der Waals surface area contributed by atoms with Crippen molar-refractivity contribution in [3.8, 4) is 0 Å². The summed E-state index contributed by atoms with van der Waals surface area (Å²) < 4.78 is 21.5. The van der Waals surface area contributed by atoms with E-state index in [1.807, 2.05) is 13.0 Å². The lowest BCUT2D eigenvalue weighted by molar-refractivity contribution is 0.0117. The molecule has 1 aliphatic heterocycles. The second kappa shape index (κ2) is 7.93. The van der Waals surface area contributed by atoms with Gasteiger partial charge in [-0.05, 0) is 44.9 Å². The Morgan fingerprint density at radius 2 is 2.20 bits per heavy atom. The molecule has 0 aromatic carbocycles. The summed E-state index contributed by atoms with van der Waals surface area (Å²) in [5, 5.41) is 2.72. The van der Waals surface area contributed by atoms with Crippen molar-refractivity contribution in [3.63, 3.8) is 0 Å². The highest BCUT2D eigenvalue weighted by Gasteiger charge is 2.20. The van der Waals surface area contributed by atoms with E-state index in [0.29, 0.717) is 31.3 Å². The number of hydrogen-bond donors (Lipinski definition) is 1. The monoisotopic (exact) mass is 348 g/mol. The zero-order valence-corrected chi connectivity index (χ0v) is 14.8. The number of imidazole rings is 1. The van der Waals surface area contributed by atoms with Crippen LogP contribution in [-0.4, -0.2) is 59.6 Å². The van der Waals surface area contributed by atoms with E-state index in [1.54, 1.807) is 12.3 Å². The van der Waals surface area contributed by atoms with Crippen LogP contribution in [0.3, 0.4) is 0 Å². The van der Waals surface area contributed by atoms with Gasteiger partial charge in [0.2, 0.25) is 5.95 Å². The molecule has 0 atom stereocenters. The molecule has 1 N–H and O–H groups in total. The van der Waals surface area contributed by atoms with E-state index in [1.165, 1.54) is 4.40 Å². The second-order valence-electron chi connectivity index (χ2n) is 6.62. The number of piperidine rings is 1. The Balaban J connectivity index is 1.45. The van der Waals surface area contributed by atoms with Crippen molar-refractivity contribution in [2.75, 3.05) is 33.3 Å². The minimum absolute atomic E-state index is 0.162. The van der Waals surface area contributed by atoms with E-state index in [4.69, 9.17) is 4.74 Å².